The average Bonchev–Trinajstić information content (AvgIpc) is 3.73. The van der Waals surface area contributed by atoms with Crippen molar-refractivity contribution >= 4 is 16.3 Å². The van der Waals surface area contributed by atoms with Gasteiger partial charge in [-0.25, -0.2) is 0 Å². The highest BCUT2D eigenvalue weighted by Crippen LogP contribution is 2.48. The summed E-state index contributed by atoms with van der Waals surface area (Å²) in [6.45, 7) is 64.2. The summed E-state index contributed by atoms with van der Waals surface area (Å²) in [4.78, 5) is 0. The first kappa shape index (κ1) is 88.5. The monoisotopic (exact) mass is 1020 g/mol. The van der Waals surface area contributed by atoms with Crippen LogP contribution in [-0.4, -0.2) is 16.3 Å². The Morgan fingerprint density at radius 2 is 0.507 bits per heavy atom. The molecule has 1 aliphatic carbocycles. The third-order valence-corrected chi connectivity index (χ3v) is 9.59. The fraction of sp³-hybridized carbons (Fsp3) is 0.500. The average molecular weight is 1020 g/mol. The fourth-order valence-electron chi connectivity index (χ4n) is 6.32. The van der Waals surface area contributed by atoms with Gasteiger partial charge in [-0.2, -0.15) is 0 Å². The van der Waals surface area contributed by atoms with Crippen LogP contribution >= 0.6 is 0 Å². The molecule has 0 saturated heterocycles. The maximum Gasteiger partial charge on any atom is 0.207 e. The second-order valence-corrected chi connectivity index (χ2v) is 15.3. The van der Waals surface area contributed by atoms with Gasteiger partial charge in [-0.3, -0.25) is 0 Å². The van der Waals surface area contributed by atoms with E-state index in [0.29, 0.717) is 11.3 Å². The summed E-state index contributed by atoms with van der Waals surface area (Å²) in [7, 11) is 0. The molecule has 73 heavy (non-hydrogen) atoms. The van der Waals surface area contributed by atoms with Crippen LogP contribution in [0.4, 0.5) is 0 Å². The van der Waals surface area contributed by atoms with Crippen LogP contribution in [0.2, 0.25) is 5.79 Å². The zero-order chi connectivity index (χ0) is 59.5. The van der Waals surface area contributed by atoms with E-state index in [1.807, 2.05) is 158 Å². The van der Waals surface area contributed by atoms with Gasteiger partial charge in [0.1, 0.15) is 0 Å². The zero-order valence-corrected chi connectivity index (χ0v) is 57.2. The van der Waals surface area contributed by atoms with Crippen molar-refractivity contribution in [1.82, 2.24) is 0 Å². The molecule has 0 saturated carbocycles. The topological polar surface area (TPSA) is 0 Å². The van der Waals surface area contributed by atoms with E-state index in [-0.39, 0.29) is 10.8 Å². The minimum absolute atomic E-state index is 0.0858. The van der Waals surface area contributed by atoms with Crippen LogP contribution < -0.4 is 0 Å². The lowest BCUT2D eigenvalue weighted by atomic mass is 9.78. The molecule has 0 bridgehead atoms. The Hall–Kier alpha value is -4.15. The Morgan fingerprint density at radius 1 is 0.301 bits per heavy atom. The van der Waals surface area contributed by atoms with Crippen LogP contribution in [0, 0.1) is 0 Å². The smallest absolute Gasteiger partial charge is 0.112 e. The molecule has 6 aromatic rings. The lowest BCUT2D eigenvalue weighted by molar-refractivity contribution is 0.590. The molecular formula is C72H127Al. The quantitative estimate of drug-likeness (QED) is 0.155. The molecule has 1 aliphatic rings. The van der Waals surface area contributed by atoms with Crippen molar-refractivity contribution in [2.45, 2.75) is 243 Å². The van der Waals surface area contributed by atoms with Crippen LogP contribution in [0.25, 0.3) is 11.1 Å². The summed E-state index contributed by atoms with van der Waals surface area (Å²) < 4.78 is 0. The normalized spacial score (nSPS) is 9.38. The molecular weight excluding hydrogens is 892 g/mol. The van der Waals surface area contributed by atoms with Crippen LogP contribution in [0.3, 0.4) is 0 Å². The zero-order valence-electron chi connectivity index (χ0n) is 55.2. The van der Waals surface area contributed by atoms with Gasteiger partial charge in [0, 0.05) is 10.8 Å². The van der Waals surface area contributed by atoms with Crippen LogP contribution in [0.1, 0.15) is 254 Å². The number of hydrogen-bond acceptors (Lipinski definition) is 0. The van der Waals surface area contributed by atoms with Gasteiger partial charge in [0.2, 0.25) is 16.3 Å². The third-order valence-electron chi connectivity index (χ3n) is 9.59. The van der Waals surface area contributed by atoms with E-state index < -0.39 is 0 Å². The summed E-state index contributed by atoms with van der Waals surface area (Å²) in [6.07, 6.45) is 0. The Bertz CT molecular complexity index is 1740. The molecule has 0 spiro atoms. The van der Waals surface area contributed by atoms with Crippen molar-refractivity contribution in [2.75, 3.05) is 0 Å². The maximum absolute atomic E-state index is 2.30. The van der Waals surface area contributed by atoms with E-state index in [1.165, 1.54) is 60.8 Å². The van der Waals surface area contributed by atoms with Gasteiger partial charge >= 0.3 is 0 Å². The third kappa shape index (κ3) is 38.1. The van der Waals surface area contributed by atoms with E-state index >= 15 is 0 Å². The number of benzene rings is 6. The summed E-state index contributed by atoms with van der Waals surface area (Å²) in [5, 5.41) is 0. The number of hydrogen-bond donors (Lipinski definition) is 0. The molecule has 1 heteroatoms. The lowest BCUT2D eigenvalue weighted by Gasteiger charge is -2.25. The van der Waals surface area contributed by atoms with Crippen LogP contribution in [0.15, 0.2) is 170 Å². The molecule has 0 amide bonds. The largest absolute Gasteiger partial charge is 0.207 e. The standard InChI is InChI=1S/C15H14.C15H16.C10H14.C9H12.11C2H6.CH3.Al.2H/c1-15(2)13-9-5-3-7-11(13)12-8-4-6-10-14(12)15;1-15(2,13-9-5-3-6-10-13)14-11-7-4-8-12-14;1-10(2,3)9-7-5-4-6-8-9;1-8(2)9-6-4-3-5-7-9;11*1-2;;;;/h3-10H,1-2H3;3-12H,1-2H3;4-8H,1-3H3;3-8H,1-2H3;11*1-2H3;1H3;;;. The molecule has 0 aliphatic heterocycles. The van der Waals surface area contributed by atoms with Crippen molar-refractivity contribution in [1.29, 1.82) is 0 Å². The predicted molar refractivity (Wildman–Crippen MR) is 354 cm³/mol. The number of rotatable bonds is 3. The Balaban J connectivity index is -0.0000000948. The molecule has 0 fully saturated rings. The fourth-order valence-corrected chi connectivity index (χ4v) is 6.32. The maximum atomic E-state index is 2.30. The molecule has 418 valence electrons. The van der Waals surface area contributed by atoms with E-state index in [0.717, 1.165) is 0 Å². The van der Waals surface area contributed by atoms with E-state index in [9.17, 15) is 0 Å². The van der Waals surface area contributed by atoms with Gasteiger partial charge in [-0.05, 0) is 55.8 Å². The summed E-state index contributed by atoms with van der Waals surface area (Å²) in [5.74, 6) is 2.80. The van der Waals surface area contributed by atoms with Gasteiger partial charge in [0.25, 0.3) is 0 Å². The summed E-state index contributed by atoms with van der Waals surface area (Å²) in [6, 6.07) is 59.8. The van der Waals surface area contributed by atoms with Gasteiger partial charge in [-0.15, -0.1) is 5.79 Å². The highest BCUT2D eigenvalue weighted by molar-refractivity contribution is 6.05. The highest BCUT2D eigenvalue weighted by atomic mass is 27.0. The molecule has 6 aromatic carbocycles. The molecule has 0 atom stereocenters. The van der Waals surface area contributed by atoms with E-state index in [2.05, 4.69) is 232 Å². The second-order valence-electron chi connectivity index (χ2n) is 15.3. The molecule has 0 aromatic heterocycles. The van der Waals surface area contributed by atoms with Crippen molar-refractivity contribution in [3.05, 3.63) is 203 Å². The van der Waals surface area contributed by atoms with Crippen molar-refractivity contribution < 1.29 is 0 Å². The Morgan fingerprint density at radius 3 is 0.712 bits per heavy atom. The molecule has 7 rings (SSSR count). The first-order chi connectivity index (χ1) is 35.3. The first-order valence-corrected chi connectivity index (χ1v) is 31.7. The van der Waals surface area contributed by atoms with Gasteiger partial charge in [0.15, 0.2) is 0 Å². The van der Waals surface area contributed by atoms with Gasteiger partial charge < -0.3 is 0 Å². The molecule has 0 nitrogen and oxygen atoms in total. The predicted octanol–water partition coefficient (Wildman–Crippen LogP) is 24.8. The summed E-state index contributed by atoms with van der Waals surface area (Å²) >= 11 is 1.31. The van der Waals surface area contributed by atoms with Gasteiger partial charge in [0.05, 0.1) is 0 Å². The summed E-state index contributed by atoms with van der Waals surface area (Å²) in [5.41, 5.74) is 11.8. The SMILES string of the molecule is CC.CC.CC.CC.CC.CC.CC.CC.CC.CC.CC.CC(C)(C)c1ccccc1.CC(C)(c1ccccc1)c1ccccc1.CC(C)c1ccccc1.CC1(C)c2ccccc2-c2ccccc21.[CH3][AlH2]. The molecule has 0 radical (unpaired) electrons. The van der Waals surface area contributed by atoms with E-state index in [1.54, 1.807) is 0 Å². The van der Waals surface area contributed by atoms with Crippen LogP contribution in [0.5, 0.6) is 0 Å². The molecule has 0 heterocycles. The van der Waals surface area contributed by atoms with E-state index in [4.69, 9.17) is 0 Å². The highest BCUT2D eigenvalue weighted by Gasteiger charge is 2.34. The minimum atomic E-state index is 0.0858. The first-order valence-electron chi connectivity index (χ1n) is 29.7. The van der Waals surface area contributed by atoms with Crippen molar-refractivity contribution in [2.24, 2.45) is 0 Å². The molecule has 0 N–H and O–H groups in total. The molecule has 0 unspecified atom stereocenters. The van der Waals surface area contributed by atoms with Crippen molar-refractivity contribution in [3.8, 4) is 11.1 Å². The Kier molecular flexibility index (Phi) is 77.5. The lowest BCUT2D eigenvalue weighted by Crippen LogP contribution is -2.18. The number of fused-ring (bicyclic) bond motifs is 3. The minimum Gasteiger partial charge on any atom is -0.112 e. The van der Waals surface area contributed by atoms with Gasteiger partial charge in [-0.1, -0.05) is 384 Å². The Labute approximate surface area is 470 Å². The van der Waals surface area contributed by atoms with Crippen LogP contribution in [-0.2, 0) is 16.2 Å². The second kappa shape index (κ2) is 64.0. The van der Waals surface area contributed by atoms with Crippen molar-refractivity contribution in [3.63, 3.8) is 0 Å².